The van der Waals surface area contributed by atoms with Crippen LogP contribution in [0.3, 0.4) is 0 Å². The van der Waals surface area contributed by atoms with Gasteiger partial charge in [-0.1, -0.05) is 24.4 Å². The van der Waals surface area contributed by atoms with Crippen LogP contribution in [0.2, 0.25) is 0 Å². The number of rotatable bonds is 4. The first-order valence-electron chi connectivity index (χ1n) is 5.59. The highest BCUT2D eigenvalue weighted by atomic mass is 79.9. The molecule has 1 heterocycles. The van der Waals surface area contributed by atoms with E-state index in [0.29, 0.717) is 16.0 Å². The van der Waals surface area contributed by atoms with Crippen LogP contribution in [-0.2, 0) is 6.54 Å². The number of benzene rings is 1. The Balaban J connectivity index is 2.04. The summed E-state index contributed by atoms with van der Waals surface area (Å²) in [5, 5.41) is 2.66. The van der Waals surface area contributed by atoms with Gasteiger partial charge in [-0.15, -0.1) is 11.3 Å². The molecule has 0 bridgehead atoms. The van der Waals surface area contributed by atoms with Crippen molar-refractivity contribution in [3.63, 3.8) is 0 Å². The van der Waals surface area contributed by atoms with E-state index in [2.05, 4.69) is 21.2 Å². The molecule has 2 rings (SSSR count). The monoisotopic (exact) mass is 372 g/mol. The fraction of sp³-hybridized carbons (Fsp3) is 0.0769. The minimum absolute atomic E-state index is 0.109. The van der Waals surface area contributed by atoms with Crippen molar-refractivity contribution in [2.24, 2.45) is 5.73 Å². The Kier molecular flexibility index (Phi) is 4.85. The third kappa shape index (κ3) is 3.62. The molecular weight excluding hydrogens is 363 g/mol. The summed E-state index contributed by atoms with van der Waals surface area (Å²) in [6, 6.07) is 7.96. The zero-order valence-corrected chi connectivity index (χ0v) is 13.4. The highest BCUT2D eigenvalue weighted by molar-refractivity contribution is 9.11. The van der Waals surface area contributed by atoms with Crippen LogP contribution in [0, 0.1) is 5.82 Å². The van der Waals surface area contributed by atoms with E-state index in [1.807, 2.05) is 0 Å². The molecule has 1 aromatic carbocycles. The fourth-order valence-corrected chi connectivity index (χ4v) is 2.97. The molecule has 2 aromatic rings. The van der Waals surface area contributed by atoms with E-state index in [9.17, 15) is 9.18 Å². The second-order valence-corrected chi connectivity index (χ2v) is 6.86. The van der Waals surface area contributed by atoms with Crippen molar-refractivity contribution in [3.05, 3.63) is 55.9 Å². The summed E-state index contributed by atoms with van der Waals surface area (Å²) in [4.78, 5) is 12.5. The van der Waals surface area contributed by atoms with Crippen molar-refractivity contribution in [2.75, 3.05) is 0 Å². The molecule has 0 aliphatic rings. The smallest absolute Gasteiger partial charge is 0.261 e. The van der Waals surface area contributed by atoms with Crippen molar-refractivity contribution in [1.29, 1.82) is 0 Å². The van der Waals surface area contributed by atoms with Gasteiger partial charge in [0.1, 0.15) is 10.8 Å². The molecule has 104 valence electrons. The molecule has 0 saturated carbocycles. The zero-order chi connectivity index (χ0) is 14.7. The summed E-state index contributed by atoms with van der Waals surface area (Å²) in [5.74, 6) is -0.679. The first-order chi connectivity index (χ1) is 9.47. The van der Waals surface area contributed by atoms with Crippen molar-refractivity contribution in [2.45, 2.75) is 6.54 Å². The Bertz CT molecular complexity index is 672. The highest BCUT2D eigenvalue weighted by Gasteiger charge is 2.10. The molecule has 1 amide bonds. The number of carbonyl (C=O) groups is 1. The van der Waals surface area contributed by atoms with Crippen LogP contribution in [-0.4, -0.2) is 10.9 Å². The van der Waals surface area contributed by atoms with Crippen LogP contribution in [0.15, 0.2) is 34.1 Å². The second-order valence-electron chi connectivity index (χ2n) is 3.96. The quantitative estimate of drug-likeness (QED) is 0.810. The molecule has 0 saturated heterocycles. The van der Waals surface area contributed by atoms with Gasteiger partial charge < -0.3 is 11.1 Å². The van der Waals surface area contributed by atoms with Gasteiger partial charge in [0.25, 0.3) is 5.91 Å². The molecule has 20 heavy (non-hydrogen) atoms. The van der Waals surface area contributed by atoms with Crippen LogP contribution in [0.5, 0.6) is 0 Å². The number of thiophene rings is 1. The van der Waals surface area contributed by atoms with E-state index in [4.69, 9.17) is 18.0 Å². The van der Waals surface area contributed by atoms with E-state index >= 15 is 0 Å². The normalized spacial score (nSPS) is 10.3. The number of hydrogen-bond acceptors (Lipinski definition) is 3. The Morgan fingerprint density at radius 2 is 2.15 bits per heavy atom. The predicted octanol–water partition coefficient (Wildman–Crippen LogP) is 3.21. The van der Waals surface area contributed by atoms with Gasteiger partial charge >= 0.3 is 0 Å². The molecule has 1 aromatic heterocycles. The van der Waals surface area contributed by atoms with E-state index in [1.54, 1.807) is 24.3 Å². The van der Waals surface area contributed by atoms with E-state index < -0.39 is 5.82 Å². The Hall–Kier alpha value is -1.31. The highest BCUT2D eigenvalue weighted by Crippen LogP contribution is 2.22. The summed E-state index contributed by atoms with van der Waals surface area (Å²) in [6.07, 6.45) is 0. The van der Waals surface area contributed by atoms with Crippen LogP contribution in [0.25, 0.3) is 0 Å². The van der Waals surface area contributed by atoms with Gasteiger partial charge in [0.05, 0.1) is 8.66 Å². The first-order valence-corrected chi connectivity index (χ1v) is 7.61. The largest absolute Gasteiger partial charge is 0.389 e. The lowest BCUT2D eigenvalue weighted by molar-refractivity contribution is 0.0954. The Labute approximate surface area is 133 Å². The minimum Gasteiger partial charge on any atom is -0.389 e. The lowest BCUT2D eigenvalue weighted by atomic mass is 10.1. The average molecular weight is 373 g/mol. The number of halogens is 2. The van der Waals surface area contributed by atoms with Crippen LogP contribution in [0.4, 0.5) is 4.39 Å². The van der Waals surface area contributed by atoms with Crippen LogP contribution >= 0.6 is 39.5 Å². The molecule has 0 aliphatic heterocycles. The molecular formula is C13H10BrFN2OS2. The summed E-state index contributed by atoms with van der Waals surface area (Å²) >= 11 is 9.38. The first kappa shape index (κ1) is 15.1. The Morgan fingerprint density at radius 3 is 2.70 bits per heavy atom. The molecule has 0 unspecified atom stereocenters. The maximum Gasteiger partial charge on any atom is 0.261 e. The lowest BCUT2D eigenvalue weighted by Crippen LogP contribution is -2.22. The van der Waals surface area contributed by atoms with Gasteiger partial charge in [-0.2, -0.15) is 0 Å². The number of carbonyl (C=O) groups excluding carboxylic acids is 1. The molecule has 3 N–H and O–H groups in total. The predicted molar refractivity (Wildman–Crippen MR) is 85.5 cm³/mol. The maximum atomic E-state index is 13.8. The lowest BCUT2D eigenvalue weighted by Gasteiger charge is -2.07. The number of nitrogens with two attached hydrogens (primary N) is 1. The van der Waals surface area contributed by atoms with Gasteiger partial charge in [0.2, 0.25) is 0 Å². The molecule has 3 nitrogen and oxygen atoms in total. The van der Waals surface area contributed by atoms with Crippen molar-refractivity contribution < 1.29 is 9.18 Å². The molecule has 0 radical (unpaired) electrons. The summed E-state index contributed by atoms with van der Waals surface area (Å²) in [7, 11) is 0. The molecule has 0 fully saturated rings. The van der Waals surface area contributed by atoms with Crippen molar-refractivity contribution >= 4 is 50.4 Å². The second kappa shape index (κ2) is 6.43. The van der Waals surface area contributed by atoms with E-state index in [-0.39, 0.29) is 17.4 Å². The summed E-state index contributed by atoms with van der Waals surface area (Å²) in [6.45, 7) is 0.109. The number of hydrogen-bond donors (Lipinski definition) is 2. The fourth-order valence-electron chi connectivity index (χ4n) is 1.54. The molecule has 7 heteroatoms. The third-order valence-electron chi connectivity index (χ3n) is 2.57. The van der Waals surface area contributed by atoms with Gasteiger partial charge in [-0.3, -0.25) is 4.79 Å². The van der Waals surface area contributed by atoms with Gasteiger partial charge in [0.15, 0.2) is 0 Å². The minimum atomic E-state index is -0.442. The third-order valence-corrected chi connectivity index (χ3v) is 4.43. The molecule has 0 atom stereocenters. The van der Waals surface area contributed by atoms with Gasteiger partial charge in [-0.05, 0) is 34.1 Å². The summed E-state index contributed by atoms with van der Waals surface area (Å²) < 4.78 is 14.7. The van der Waals surface area contributed by atoms with Crippen LogP contribution < -0.4 is 11.1 Å². The Morgan fingerprint density at radius 1 is 1.40 bits per heavy atom. The topological polar surface area (TPSA) is 55.1 Å². The molecule has 0 aliphatic carbocycles. The van der Waals surface area contributed by atoms with Gasteiger partial charge in [0, 0.05) is 17.7 Å². The average Bonchev–Trinajstić information content (AvgIpc) is 2.83. The zero-order valence-electron chi connectivity index (χ0n) is 10.2. The number of thiocarbonyl (C=S) groups is 1. The van der Waals surface area contributed by atoms with Crippen LogP contribution in [0.1, 0.15) is 20.8 Å². The summed E-state index contributed by atoms with van der Waals surface area (Å²) in [5.41, 5.74) is 6.28. The number of amides is 1. The van der Waals surface area contributed by atoms with Crippen molar-refractivity contribution in [1.82, 2.24) is 5.32 Å². The van der Waals surface area contributed by atoms with E-state index in [0.717, 1.165) is 3.79 Å². The van der Waals surface area contributed by atoms with Crippen molar-refractivity contribution in [3.8, 4) is 0 Å². The standard InChI is InChI=1S/C13H10BrFN2OS2/c14-11-4-3-10(20-11)13(18)17-6-8-2-1-7(12(16)19)5-9(8)15/h1-5H,6H2,(H2,16,19)(H,17,18). The van der Waals surface area contributed by atoms with Gasteiger partial charge in [-0.25, -0.2) is 4.39 Å². The van der Waals surface area contributed by atoms with E-state index in [1.165, 1.54) is 17.4 Å². The number of nitrogens with one attached hydrogen (secondary N) is 1. The molecule has 0 spiro atoms. The maximum absolute atomic E-state index is 13.8. The SMILES string of the molecule is NC(=S)c1ccc(CNC(=O)c2ccc(Br)s2)c(F)c1.